The van der Waals surface area contributed by atoms with Crippen LogP contribution in [0.3, 0.4) is 0 Å². The van der Waals surface area contributed by atoms with E-state index in [1.165, 1.54) is 32.1 Å². The number of hydrogen-bond acceptors (Lipinski definition) is 3. The summed E-state index contributed by atoms with van der Waals surface area (Å²) in [4.78, 5) is 31.1. The molecule has 142 valence electrons. The van der Waals surface area contributed by atoms with E-state index >= 15 is 0 Å². The lowest BCUT2D eigenvalue weighted by Gasteiger charge is -2.03. The van der Waals surface area contributed by atoms with Crippen LogP contribution in [-0.4, -0.2) is 29.4 Å². The van der Waals surface area contributed by atoms with Crippen molar-refractivity contribution in [3.05, 3.63) is 0 Å². The molecular weight excluding hydrogens is 308 g/mol. The average molecular weight is 344 g/mol. The van der Waals surface area contributed by atoms with E-state index in [-0.39, 0.29) is 18.2 Å². The van der Waals surface area contributed by atoms with E-state index in [1.807, 2.05) is 6.92 Å². The topological polar surface area (TPSA) is 109 Å². The van der Waals surface area contributed by atoms with Crippen LogP contribution in [0.25, 0.3) is 0 Å². The van der Waals surface area contributed by atoms with Gasteiger partial charge in [-0.1, -0.05) is 51.9 Å². The van der Waals surface area contributed by atoms with Crippen LogP contribution in [0.5, 0.6) is 0 Å². The van der Waals surface area contributed by atoms with E-state index in [1.54, 1.807) is 6.92 Å². The lowest BCUT2D eigenvalue weighted by molar-refractivity contribution is -0.136. The molecule has 0 aliphatic heterocycles. The molecule has 0 spiro atoms. The second-order valence-corrected chi connectivity index (χ2v) is 5.85. The summed E-state index contributed by atoms with van der Waals surface area (Å²) in [7, 11) is 0. The average Bonchev–Trinajstić information content (AvgIpc) is 2.53. The van der Waals surface area contributed by atoms with Gasteiger partial charge >= 0.3 is 5.97 Å². The fourth-order valence-corrected chi connectivity index (χ4v) is 2.11. The van der Waals surface area contributed by atoms with Crippen LogP contribution in [0.4, 0.5) is 0 Å². The number of unbranched alkanes of at least 4 members (excludes halogenated alkanes) is 8. The lowest BCUT2D eigenvalue weighted by atomic mass is 10.1. The van der Waals surface area contributed by atoms with Gasteiger partial charge in [-0.15, -0.1) is 0 Å². The summed E-state index contributed by atoms with van der Waals surface area (Å²) in [5, 5.41) is 10.5. The van der Waals surface area contributed by atoms with Gasteiger partial charge in [0.15, 0.2) is 0 Å². The monoisotopic (exact) mass is 344 g/mol. The van der Waals surface area contributed by atoms with Gasteiger partial charge in [0.25, 0.3) is 0 Å². The number of nitrogens with two attached hydrogens (primary N) is 1. The molecule has 0 atom stereocenters. The maximum Gasteiger partial charge on any atom is 0.303 e. The van der Waals surface area contributed by atoms with E-state index in [0.717, 1.165) is 32.2 Å². The normalized spacial score (nSPS) is 9.75. The minimum atomic E-state index is -0.745. The van der Waals surface area contributed by atoms with E-state index in [9.17, 15) is 14.4 Å². The first kappa shape index (κ1) is 24.7. The number of carbonyl (C=O) groups is 3. The second kappa shape index (κ2) is 19.5. The molecule has 4 N–H and O–H groups in total. The number of nitrogens with one attached hydrogen (secondary N) is 1. The molecule has 24 heavy (non-hydrogen) atoms. The maximum absolute atomic E-state index is 11.2. The van der Waals surface area contributed by atoms with E-state index in [0.29, 0.717) is 12.8 Å². The molecule has 0 aromatic rings. The van der Waals surface area contributed by atoms with Crippen molar-refractivity contribution < 1.29 is 19.5 Å². The van der Waals surface area contributed by atoms with Crippen molar-refractivity contribution in [2.24, 2.45) is 5.73 Å². The van der Waals surface area contributed by atoms with Crippen molar-refractivity contribution in [1.82, 2.24) is 5.32 Å². The Hall–Kier alpha value is -1.59. The minimum Gasteiger partial charge on any atom is -0.481 e. The van der Waals surface area contributed by atoms with E-state index in [4.69, 9.17) is 10.8 Å². The third-order valence-corrected chi connectivity index (χ3v) is 3.50. The Bertz CT molecular complexity index is 333. The van der Waals surface area contributed by atoms with Crippen molar-refractivity contribution in [3.8, 4) is 0 Å². The van der Waals surface area contributed by atoms with Crippen LogP contribution < -0.4 is 11.1 Å². The zero-order valence-corrected chi connectivity index (χ0v) is 15.4. The maximum atomic E-state index is 11.2. The highest BCUT2D eigenvalue weighted by atomic mass is 16.4. The van der Waals surface area contributed by atoms with Crippen molar-refractivity contribution in [2.75, 3.05) is 6.54 Å². The molecule has 6 heteroatoms. The molecule has 0 aromatic heterocycles. The van der Waals surface area contributed by atoms with Gasteiger partial charge in [0.1, 0.15) is 0 Å². The molecule has 0 radical (unpaired) electrons. The van der Waals surface area contributed by atoms with Crippen LogP contribution in [0.15, 0.2) is 0 Å². The van der Waals surface area contributed by atoms with Crippen LogP contribution in [0, 0.1) is 0 Å². The van der Waals surface area contributed by atoms with Gasteiger partial charge in [-0.05, 0) is 19.8 Å². The highest BCUT2D eigenvalue weighted by Gasteiger charge is 1.99. The second-order valence-electron chi connectivity index (χ2n) is 5.85. The minimum absolute atomic E-state index is 0.178. The number of rotatable bonds is 14. The van der Waals surface area contributed by atoms with Crippen LogP contribution in [0.1, 0.15) is 90.9 Å². The van der Waals surface area contributed by atoms with Gasteiger partial charge in [-0.2, -0.15) is 0 Å². The quantitative estimate of drug-likeness (QED) is 0.420. The summed E-state index contributed by atoms with van der Waals surface area (Å²) >= 11 is 0. The van der Waals surface area contributed by atoms with Crippen molar-refractivity contribution in [1.29, 1.82) is 0 Å². The number of carboxylic acid groups (broad SMARTS) is 1. The van der Waals surface area contributed by atoms with E-state index in [2.05, 4.69) is 5.32 Å². The van der Waals surface area contributed by atoms with E-state index < -0.39 is 5.97 Å². The lowest BCUT2D eigenvalue weighted by Crippen LogP contribution is -2.21. The standard InChI is InChI=1S/C15H30N2O2.C3H6O2/c1-2-17-15(19)13-11-9-7-5-3-4-6-8-10-12-14(16)18;1-2-3(4)5/h2-13H2,1H3,(H2,16,18)(H,17,19);2H2,1H3,(H,4,5). The smallest absolute Gasteiger partial charge is 0.303 e. The Morgan fingerprint density at radius 2 is 1.17 bits per heavy atom. The number of primary amides is 1. The number of amides is 2. The first-order chi connectivity index (χ1) is 11.4. The fourth-order valence-electron chi connectivity index (χ4n) is 2.11. The first-order valence-electron chi connectivity index (χ1n) is 9.20. The third kappa shape index (κ3) is 25.4. The molecule has 0 saturated carbocycles. The van der Waals surface area contributed by atoms with Crippen LogP contribution in [0.2, 0.25) is 0 Å². The molecule has 0 heterocycles. The zero-order chi connectivity index (χ0) is 18.6. The number of carboxylic acids is 1. The van der Waals surface area contributed by atoms with Gasteiger partial charge in [0.05, 0.1) is 0 Å². The molecule has 6 nitrogen and oxygen atoms in total. The Labute approximate surface area is 146 Å². The molecule has 0 rings (SSSR count). The largest absolute Gasteiger partial charge is 0.481 e. The van der Waals surface area contributed by atoms with Crippen molar-refractivity contribution >= 4 is 17.8 Å². The number of hydrogen-bond donors (Lipinski definition) is 3. The molecule has 0 saturated heterocycles. The first-order valence-corrected chi connectivity index (χ1v) is 9.20. The number of aliphatic carboxylic acids is 1. The fraction of sp³-hybridized carbons (Fsp3) is 0.833. The van der Waals surface area contributed by atoms with Gasteiger partial charge < -0.3 is 16.2 Å². The molecule has 0 aromatic carbocycles. The van der Waals surface area contributed by atoms with Gasteiger partial charge in [0.2, 0.25) is 11.8 Å². The summed E-state index contributed by atoms with van der Waals surface area (Å²) in [6.07, 6.45) is 11.8. The summed E-state index contributed by atoms with van der Waals surface area (Å²) < 4.78 is 0. The van der Waals surface area contributed by atoms with Gasteiger partial charge in [-0.3, -0.25) is 14.4 Å². The molecule has 0 fully saturated rings. The van der Waals surface area contributed by atoms with Gasteiger partial charge in [0, 0.05) is 25.8 Å². The Morgan fingerprint density at radius 1 is 0.792 bits per heavy atom. The summed E-state index contributed by atoms with van der Waals surface area (Å²) in [6, 6.07) is 0. The van der Waals surface area contributed by atoms with Gasteiger partial charge in [-0.25, -0.2) is 0 Å². The van der Waals surface area contributed by atoms with Crippen LogP contribution >= 0.6 is 0 Å². The predicted octanol–water partition coefficient (Wildman–Crippen LogP) is 3.38. The Morgan fingerprint density at radius 3 is 1.50 bits per heavy atom. The summed E-state index contributed by atoms with van der Waals surface area (Å²) in [5.74, 6) is -0.755. The summed E-state index contributed by atoms with van der Waals surface area (Å²) in [5.41, 5.74) is 5.07. The van der Waals surface area contributed by atoms with Crippen molar-refractivity contribution in [2.45, 2.75) is 90.9 Å². The third-order valence-electron chi connectivity index (χ3n) is 3.50. The SMILES string of the molecule is CCC(=O)O.CCNC(=O)CCCCCCCCCCCC(N)=O. The van der Waals surface area contributed by atoms with Crippen LogP contribution in [-0.2, 0) is 14.4 Å². The molecule has 2 amide bonds. The number of carbonyl (C=O) groups excluding carboxylic acids is 2. The highest BCUT2D eigenvalue weighted by Crippen LogP contribution is 2.11. The molecular formula is C18H36N2O4. The molecule has 0 bridgehead atoms. The Kier molecular flexibility index (Phi) is 20.0. The molecule has 0 aliphatic carbocycles. The Balaban J connectivity index is 0. The predicted molar refractivity (Wildman–Crippen MR) is 96.6 cm³/mol. The zero-order valence-electron chi connectivity index (χ0n) is 15.4. The highest BCUT2D eigenvalue weighted by molar-refractivity contribution is 5.75. The summed E-state index contributed by atoms with van der Waals surface area (Å²) in [6.45, 7) is 4.28. The molecule has 0 aliphatic rings. The van der Waals surface area contributed by atoms with Crippen molar-refractivity contribution in [3.63, 3.8) is 0 Å². The molecule has 0 unspecified atom stereocenters.